The number of phenolic OH excluding ortho intramolecular Hbond substituents is 10. The van der Waals surface area contributed by atoms with E-state index in [2.05, 4.69) is 0 Å². The number of benzene rings is 8. The number of fused-ring (bicyclic) bond motifs is 9. The highest BCUT2D eigenvalue weighted by molar-refractivity contribution is 5.75. The second-order valence-corrected chi connectivity index (χ2v) is 18.2. The van der Waals surface area contributed by atoms with Crippen LogP contribution < -0.4 is 9.47 Å². The molecule has 0 aromatic heterocycles. The summed E-state index contributed by atoms with van der Waals surface area (Å²) in [6, 6.07) is 38.6. The van der Waals surface area contributed by atoms with Gasteiger partial charge in [-0.25, -0.2) is 0 Å². The number of hydrogen-bond acceptors (Lipinski definition) is 12. The average Bonchev–Trinajstić information content (AvgIpc) is 4.05. The summed E-state index contributed by atoms with van der Waals surface area (Å²) in [6.07, 6.45) is -1.58. The third-order valence-corrected chi connectivity index (χ3v) is 14.4. The lowest BCUT2D eigenvalue weighted by Crippen LogP contribution is -2.15. The topological polar surface area (TPSA) is 221 Å². The maximum atomic E-state index is 12.6. The minimum absolute atomic E-state index is 0.0248. The van der Waals surface area contributed by atoms with Gasteiger partial charge < -0.3 is 60.5 Å². The Balaban J connectivity index is 1.19. The zero-order valence-electron chi connectivity index (χ0n) is 35.8. The Morgan fingerprint density at radius 1 is 0.250 bits per heavy atom. The highest BCUT2D eigenvalue weighted by Gasteiger charge is 2.59. The van der Waals surface area contributed by atoms with Crippen LogP contribution in [0.1, 0.15) is 114 Å². The summed E-state index contributed by atoms with van der Waals surface area (Å²) in [6.45, 7) is 0. The Morgan fingerprint density at radius 2 is 0.544 bits per heavy atom. The van der Waals surface area contributed by atoms with E-state index in [0.29, 0.717) is 67.1 Å². The molecule has 0 spiro atoms. The molecule has 2 aliphatic carbocycles. The van der Waals surface area contributed by atoms with Crippen molar-refractivity contribution in [2.24, 2.45) is 0 Å². The first-order chi connectivity index (χ1) is 32.8. The lowest BCUT2D eigenvalue weighted by atomic mass is 9.74. The van der Waals surface area contributed by atoms with Gasteiger partial charge in [0.25, 0.3) is 0 Å². The minimum Gasteiger partial charge on any atom is -0.508 e. The van der Waals surface area contributed by atoms with Crippen LogP contribution >= 0.6 is 0 Å². The van der Waals surface area contributed by atoms with E-state index in [1.807, 2.05) is 0 Å². The normalized spacial score (nSPS) is 22.6. The van der Waals surface area contributed by atoms with Crippen molar-refractivity contribution in [3.05, 3.63) is 212 Å². The number of aromatic hydroxyl groups is 10. The van der Waals surface area contributed by atoms with Gasteiger partial charge in [0.2, 0.25) is 0 Å². The lowest BCUT2D eigenvalue weighted by molar-refractivity contribution is 0.221. The van der Waals surface area contributed by atoms with Crippen LogP contribution in [0, 0.1) is 0 Å². The summed E-state index contributed by atoms with van der Waals surface area (Å²) in [5, 5.41) is 111. The third kappa shape index (κ3) is 6.20. The van der Waals surface area contributed by atoms with Gasteiger partial charge >= 0.3 is 0 Å². The molecule has 12 nitrogen and oxygen atoms in total. The Labute approximate surface area is 388 Å². The summed E-state index contributed by atoms with van der Waals surface area (Å²) < 4.78 is 13.8. The smallest absolute Gasteiger partial charge is 0.135 e. The van der Waals surface area contributed by atoms with E-state index in [0.717, 1.165) is 11.1 Å². The van der Waals surface area contributed by atoms with E-state index in [9.17, 15) is 51.1 Å². The van der Waals surface area contributed by atoms with E-state index < -0.39 is 47.7 Å². The summed E-state index contributed by atoms with van der Waals surface area (Å²) >= 11 is 0. The van der Waals surface area contributed by atoms with Crippen molar-refractivity contribution in [1.29, 1.82) is 0 Å². The Hall–Kier alpha value is -8.64. The molecule has 0 saturated carbocycles. The fourth-order valence-electron chi connectivity index (χ4n) is 12.0. The molecule has 2 heterocycles. The quantitative estimate of drug-likeness (QED) is 0.0753. The SMILES string of the molecule is Oc1ccc([C@H]2c3c(O)cc4c(c3C3C2c2c(c(O)cc5c2[C@H](c2cc(O)cc(O)c2)[C@@H](c2ccc(O)cc2)O5)[C@@H]3c2ccc(O)cc2)[C@@H](c2cc(O)cc(O)c2)[C@H](c2ccc(O)cc2)O4)cc1. The van der Waals surface area contributed by atoms with Crippen molar-refractivity contribution in [2.45, 2.75) is 47.7 Å². The molecule has 10 N–H and O–H groups in total. The number of rotatable bonds is 6. The summed E-state index contributed by atoms with van der Waals surface area (Å²) in [4.78, 5) is 0. The molecule has 0 radical (unpaired) electrons. The molecule has 8 atom stereocenters. The van der Waals surface area contributed by atoms with Gasteiger partial charge in [-0.05, 0) is 117 Å². The standard InChI is InChI=1S/C56H42O12/c57-31-9-1-25(2-10-31)43-47-39(65)23-41-49(45(29-17-35(61)21-36(62)18-29)55(67-41)27-5-13-33(59)14-6-27)53(47)52-44(26-3-11-32(58)12-4-26)48-40(66)24-42-50(54(48)51(43)52)46(30-19-37(63)22-38(64)20-30)56(68-42)28-7-15-34(60)16-8-28/h1-24,43-46,51-52,55-66H/t43-,44-,45-,46+,51?,52?,55+,56-/m0/s1. The van der Waals surface area contributed by atoms with Crippen LogP contribution in [0.25, 0.3) is 0 Å². The van der Waals surface area contributed by atoms with Crippen molar-refractivity contribution in [3.8, 4) is 69.0 Å². The van der Waals surface area contributed by atoms with Crippen molar-refractivity contribution in [3.63, 3.8) is 0 Å². The summed E-state index contributed by atoms with van der Waals surface area (Å²) in [5.74, 6) is -4.13. The van der Waals surface area contributed by atoms with Crippen LogP contribution in [0.4, 0.5) is 0 Å². The van der Waals surface area contributed by atoms with Crippen LogP contribution in [0.3, 0.4) is 0 Å². The molecule has 12 heteroatoms. The predicted octanol–water partition coefficient (Wildman–Crippen LogP) is 10.4. The number of phenols is 10. The van der Waals surface area contributed by atoms with Gasteiger partial charge in [0.05, 0.1) is 11.8 Å². The Bertz CT molecular complexity index is 3070. The lowest BCUT2D eigenvalue weighted by Gasteiger charge is -2.27. The third-order valence-electron chi connectivity index (χ3n) is 14.4. The molecule has 4 aliphatic rings. The largest absolute Gasteiger partial charge is 0.508 e. The highest BCUT2D eigenvalue weighted by atomic mass is 16.5. The van der Waals surface area contributed by atoms with Crippen LogP contribution in [-0.2, 0) is 0 Å². The predicted molar refractivity (Wildman–Crippen MR) is 248 cm³/mol. The molecule has 68 heavy (non-hydrogen) atoms. The number of ether oxygens (including phenoxy) is 2. The molecule has 2 aliphatic heterocycles. The van der Waals surface area contributed by atoms with Crippen LogP contribution in [0.5, 0.6) is 69.0 Å². The second-order valence-electron chi connectivity index (χ2n) is 18.2. The molecule has 0 fully saturated rings. The summed E-state index contributed by atoms with van der Waals surface area (Å²) in [7, 11) is 0. The molecule has 0 bridgehead atoms. The first kappa shape index (κ1) is 40.8. The van der Waals surface area contributed by atoms with Gasteiger partial charge in [-0.2, -0.15) is 0 Å². The van der Waals surface area contributed by atoms with Crippen LogP contribution in [-0.4, -0.2) is 51.1 Å². The van der Waals surface area contributed by atoms with Crippen molar-refractivity contribution >= 4 is 0 Å². The Morgan fingerprint density at radius 3 is 0.853 bits per heavy atom. The van der Waals surface area contributed by atoms with E-state index in [1.54, 1.807) is 133 Å². The van der Waals surface area contributed by atoms with Gasteiger partial charge in [0.15, 0.2) is 0 Å². The van der Waals surface area contributed by atoms with Gasteiger partial charge in [-0.3, -0.25) is 0 Å². The van der Waals surface area contributed by atoms with Gasteiger partial charge in [0, 0.05) is 70.2 Å². The molecule has 8 aromatic rings. The zero-order valence-corrected chi connectivity index (χ0v) is 35.8. The first-order valence-corrected chi connectivity index (χ1v) is 22.2. The fraction of sp³-hybridized carbons (Fsp3) is 0.143. The minimum atomic E-state index is -0.792. The second kappa shape index (κ2) is 14.9. The molecule has 0 amide bonds. The zero-order chi connectivity index (χ0) is 46.9. The molecule has 12 rings (SSSR count). The maximum Gasteiger partial charge on any atom is 0.135 e. The van der Waals surface area contributed by atoms with Gasteiger partial charge in [-0.15, -0.1) is 0 Å². The maximum absolute atomic E-state index is 12.6. The van der Waals surface area contributed by atoms with Crippen molar-refractivity contribution < 1.29 is 60.5 Å². The average molecular weight is 907 g/mol. The van der Waals surface area contributed by atoms with Gasteiger partial charge in [-0.1, -0.05) is 48.5 Å². The van der Waals surface area contributed by atoms with Crippen molar-refractivity contribution in [2.75, 3.05) is 0 Å². The first-order valence-electron chi connectivity index (χ1n) is 22.2. The molecular formula is C56H42O12. The van der Waals surface area contributed by atoms with E-state index in [4.69, 9.17) is 9.47 Å². The fourth-order valence-corrected chi connectivity index (χ4v) is 12.0. The van der Waals surface area contributed by atoms with Crippen LogP contribution in [0.15, 0.2) is 146 Å². The van der Waals surface area contributed by atoms with Gasteiger partial charge in [0.1, 0.15) is 81.2 Å². The molecule has 8 aromatic carbocycles. The van der Waals surface area contributed by atoms with E-state index in [-0.39, 0.29) is 57.5 Å². The molecule has 338 valence electrons. The highest BCUT2D eigenvalue weighted by Crippen LogP contribution is 2.74. The van der Waals surface area contributed by atoms with Crippen molar-refractivity contribution in [1.82, 2.24) is 0 Å². The monoisotopic (exact) mass is 906 g/mol. The molecular weight excluding hydrogens is 865 g/mol. The molecule has 2 unspecified atom stereocenters. The number of hydrogen-bond donors (Lipinski definition) is 10. The Kier molecular flexibility index (Phi) is 8.97. The van der Waals surface area contributed by atoms with Crippen LogP contribution in [0.2, 0.25) is 0 Å². The van der Waals surface area contributed by atoms with E-state index in [1.165, 1.54) is 12.1 Å². The van der Waals surface area contributed by atoms with E-state index >= 15 is 0 Å². The summed E-state index contributed by atoms with van der Waals surface area (Å²) in [5.41, 5.74) is 7.62. The molecule has 0 saturated heterocycles.